The van der Waals surface area contributed by atoms with Crippen molar-refractivity contribution in [1.82, 2.24) is 5.32 Å². The number of hydrogen-bond acceptors (Lipinski definition) is 2. The van der Waals surface area contributed by atoms with Crippen LogP contribution in [-0.4, -0.2) is 19.0 Å². The summed E-state index contributed by atoms with van der Waals surface area (Å²) < 4.78 is 27.2. The molecule has 0 saturated carbocycles. The summed E-state index contributed by atoms with van der Waals surface area (Å²) in [5.74, 6) is -2.42. The number of carbonyl (C=O) groups excluding carboxylic acids is 1. The Balaban J connectivity index is 3.08. The monoisotopic (exact) mass is 306 g/mol. The van der Waals surface area contributed by atoms with Crippen LogP contribution >= 0.6 is 15.9 Å². The van der Waals surface area contributed by atoms with Gasteiger partial charge in [-0.15, -0.1) is 0 Å². The molecule has 1 aromatic carbocycles. The number of guanidine groups is 1. The number of benzene rings is 1. The molecule has 1 aromatic rings. The normalized spacial score (nSPS) is 9.88. The van der Waals surface area contributed by atoms with Gasteiger partial charge in [0.1, 0.15) is 5.69 Å². The molecule has 2 amide bonds. The average molecular weight is 307 g/mol. The lowest BCUT2D eigenvalue weighted by Crippen LogP contribution is -2.44. The topological polar surface area (TPSA) is 82.2 Å². The molecule has 0 atom stereocenters. The van der Waals surface area contributed by atoms with E-state index in [2.05, 4.69) is 15.9 Å². The Morgan fingerprint density at radius 3 is 2.35 bits per heavy atom. The highest BCUT2D eigenvalue weighted by atomic mass is 79.9. The van der Waals surface area contributed by atoms with Gasteiger partial charge in [-0.3, -0.25) is 15.6 Å². The standard InChI is InChI=1S/C9H9BrF2N4O/c1-16(9(17)15-8(13)14)7-5(11)2-4(10)3-6(7)12/h2-3H,1H3,(H4,13,14,15,17). The predicted octanol–water partition coefficient (Wildman–Crippen LogP) is 1.77. The maximum atomic E-state index is 13.5. The van der Waals surface area contributed by atoms with Crippen LogP contribution in [0.15, 0.2) is 16.6 Å². The van der Waals surface area contributed by atoms with Gasteiger partial charge in [0.05, 0.1) is 0 Å². The Bertz CT molecular complexity index is 457. The zero-order chi connectivity index (χ0) is 13.2. The van der Waals surface area contributed by atoms with Gasteiger partial charge in [0.2, 0.25) is 0 Å². The molecule has 92 valence electrons. The lowest BCUT2D eigenvalue weighted by atomic mass is 10.2. The zero-order valence-corrected chi connectivity index (χ0v) is 10.3. The van der Waals surface area contributed by atoms with Gasteiger partial charge in [0, 0.05) is 11.5 Å². The van der Waals surface area contributed by atoms with Gasteiger partial charge in [-0.2, -0.15) is 0 Å². The number of carbonyl (C=O) groups is 1. The summed E-state index contributed by atoms with van der Waals surface area (Å²) in [6.45, 7) is 0. The minimum atomic E-state index is -0.905. The van der Waals surface area contributed by atoms with Crippen LogP contribution in [-0.2, 0) is 0 Å². The van der Waals surface area contributed by atoms with Gasteiger partial charge in [0.15, 0.2) is 17.6 Å². The van der Waals surface area contributed by atoms with Gasteiger partial charge >= 0.3 is 6.03 Å². The molecule has 0 aliphatic carbocycles. The van der Waals surface area contributed by atoms with Crippen molar-refractivity contribution in [3.05, 3.63) is 28.2 Å². The van der Waals surface area contributed by atoms with Crippen LogP contribution in [0.2, 0.25) is 0 Å². The Kier molecular flexibility index (Phi) is 4.00. The summed E-state index contributed by atoms with van der Waals surface area (Å²) in [7, 11) is 1.16. The quantitative estimate of drug-likeness (QED) is 0.546. The number of urea groups is 1. The van der Waals surface area contributed by atoms with Crippen molar-refractivity contribution in [2.75, 3.05) is 11.9 Å². The molecule has 0 spiro atoms. The third-order valence-corrected chi connectivity index (χ3v) is 2.32. The minimum absolute atomic E-state index is 0.219. The molecule has 8 heteroatoms. The van der Waals surface area contributed by atoms with Gasteiger partial charge in [-0.25, -0.2) is 13.6 Å². The van der Waals surface area contributed by atoms with E-state index in [0.29, 0.717) is 4.90 Å². The number of nitrogens with one attached hydrogen (secondary N) is 2. The lowest BCUT2D eigenvalue weighted by Gasteiger charge is -2.18. The van der Waals surface area contributed by atoms with E-state index < -0.39 is 29.3 Å². The third kappa shape index (κ3) is 3.13. The van der Waals surface area contributed by atoms with Crippen molar-refractivity contribution in [2.45, 2.75) is 0 Å². The summed E-state index contributed by atoms with van der Waals surface area (Å²) in [5, 5.41) is 8.76. The molecule has 0 bridgehead atoms. The number of amides is 2. The van der Waals surface area contributed by atoms with Crippen LogP contribution in [0, 0.1) is 17.0 Å². The summed E-state index contributed by atoms with van der Waals surface area (Å²) in [4.78, 5) is 12.1. The van der Waals surface area contributed by atoms with Crippen molar-refractivity contribution in [3.63, 3.8) is 0 Å². The highest BCUT2D eigenvalue weighted by molar-refractivity contribution is 9.10. The van der Waals surface area contributed by atoms with E-state index in [1.54, 1.807) is 0 Å². The van der Waals surface area contributed by atoms with Gasteiger partial charge < -0.3 is 5.73 Å². The number of hydrogen-bond donors (Lipinski definition) is 3. The minimum Gasteiger partial charge on any atom is -0.370 e. The van der Waals surface area contributed by atoms with Gasteiger partial charge in [0.25, 0.3) is 0 Å². The van der Waals surface area contributed by atoms with Crippen LogP contribution in [0.3, 0.4) is 0 Å². The van der Waals surface area contributed by atoms with E-state index in [9.17, 15) is 13.6 Å². The van der Waals surface area contributed by atoms with Crippen molar-refractivity contribution in [1.29, 1.82) is 5.41 Å². The highest BCUT2D eigenvalue weighted by Crippen LogP contribution is 2.26. The molecule has 0 aliphatic rings. The Hall–Kier alpha value is -1.70. The van der Waals surface area contributed by atoms with E-state index in [1.807, 2.05) is 5.32 Å². The molecule has 0 heterocycles. The molecule has 4 N–H and O–H groups in total. The Morgan fingerprint density at radius 2 is 1.94 bits per heavy atom. The van der Waals surface area contributed by atoms with Crippen LogP contribution < -0.4 is 16.0 Å². The molecule has 0 saturated heterocycles. The van der Waals surface area contributed by atoms with E-state index in [1.165, 1.54) is 0 Å². The van der Waals surface area contributed by atoms with Crippen molar-refractivity contribution in [3.8, 4) is 0 Å². The molecule has 0 aliphatic heterocycles. The predicted molar refractivity (Wildman–Crippen MR) is 62.9 cm³/mol. The summed E-state index contributed by atoms with van der Waals surface area (Å²) in [6.07, 6.45) is 0. The van der Waals surface area contributed by atoms with E-state index >= 15 is 0 Å². The molecule has 0 aromatic heterocycles. The second kappa shape index (κ2) is 5.09. The molecule has 17 heavy (non-hydrogen) atoms. The van der Waals surface area contributed by atoms with Crippen molar-refractivity contribution in [2.24, 2.45) is 5.73 Å². The second-order valence-electron chi connectivity index (χ2n) is 3.12. The first-order chi connectivity index (χ1) is 7.82. The summed E-state index contributed by atoms with van der Waals surface area (Å²) in [6, 6.07) is 1.14. The second-order valence-corrected chi connectivity index (χ2v) is 4.04. The first kappa shape index (κ1) is 13.4. The van der Waals surface area contributed by atoms with Crippen molar-refractivity contribution < 1.29 is 13.6 Å². The third-order valence-electron chi connectivity index (χ3n) is 1.86. The Morgan fingerprint density at radius 1 is 1.47 bits per heavy atom. The van der Waals surface area contributed by atoms with Crippen LogP contribution in [0.4, 0.5) is 19.3 Å². The first-order valence-electron chi connectivity index (χ1n) is 4.36. The Labute approximate surface area is 104 Å². The van der Waals surface area contributed by atoms with Crippen LogP contribution in [0.5, 0.6) is 0 Å². The average Bonchev–Trinajstić information content (AvgIpc) is 2.14. The number of nitrogens with two attached hydrogens (primary N) is 1. The number of halogens is 3. The lowest BCUT2D eigenvalue weighted by molar-refractivity contribution is 0.251. The fourth-order valence-corrected chi connectivity index (χ4v) is 1.56. The molecule has 0 fully saturated rings. The molecule has 5 nitrogen and oxygen atoms in total. The fourth-order valence-electron chi connectivity index (χ4n) is 1.16. The summed E-state index contributed by atoms with van der Waals surface area (Å²) in [5.41, 5.74) is 4.42. The molecule has 0 unspecified atom stereocenters. The summed E-state index contributed by atoms with van der Waals surface area (Å²) >= 11 is 2.92. The van der Waals surface area contributed by atoms with E-state index in [0.717, 1.165) is 19.2 Å². The highest BCUT2D eigenvalue weighted by Gasteiger charge is 2.20. The van der Waals surface area contributed by atoms with Gasteiger partial charge in [-0.05, 0) is 12.1 Å². The maximum Gasteiger partial charge on any atom is 0.328 e. The first-order valence-corrected chi connectivity index (χ1v) is 5.15. The SMILES string of the molecule is CN(C(=O)NC(=N)N)c1c(F)cc(Br)cc1F. The van der Waals surface area contributed by atoms with Gasteiger partial charge in [-0.1, -0.05) is 15.9 Å². The molecular formula is C9H9BrF2N4O. The molecule has 1 rings (SSSR count). The fraction of sp³-hybridized carbons (Fsp3) is 0.111. The van der Waals surface area contributed by atoms with Crippen LogP contribution in [0.25, 0.3) is 0 Å². The van der Waals surface area contributed by atoms with E-state index in [-0.39, 0.29) is 4.47 Å². The van der Waals surface area contributed by atoms with E-state index in [4.69, 9.17) is 11.1 Å². The smallest absolute Gasteiger partial charge is 0.328 e. The zero-order valence-electron chi connectivity index (χ0n) is 8.72. The number of nitrogens with zero attached hydrogens (tertiary/aromatic N) is 1. The van der Waals surface area contributed by atoms with Crippen LogP contribution in [0.1, 0.15) is 0 Å². The molecule has 0 radical (unpaired) electrons. The van der Waals surface area contributed by atoms with Crippen molar-refractivity contribution >= 4 is 33.6 Å². The number of rotatable bonds is 1. The number of anilines is 1. The maximum absolute atomic E-state index is 13.5. The largest absolute Gasteiger partial charge is 0.370 e. The molecular weight excluding hydrogens is 298 g/mol.